The van der Waals surface area contributed by atoms with E-state index in [0.29, 0.717) is 5.92 Å². The fourth-order valence-corrected chi connectivity index (χ4v) is 2.12. The molecule has 2 aromatic rings. The van der Waals surface area contributed by atoms with Crippen LogP contribution in [0.1, 0.15) is 36.5 Å². The number of nitrogens with one attached hydrogen (secondary N) is 2. The molecule has 0 saturated carbocycles. The number of hydrogen-bond acceptors (Lipinski definition) is 2. The summed E-state index contributed by atoms with van der Waals surface area (Å²) in [6.45, 7) is 8.48. The Morgan fingerprint density at radius 2 is 1.74 bits per heavy atom. The van der Waals surface area contributed by atoms with Crippen LogP contribution in [0.2, 0.25) is 0 Å². The van der Waals surface area contributed by atoms with E-state index in [1.807, 2.05) is 49.4 Å². The highest BCUT2D eigenvalue weighted by Crippen LogP contribution is 2.17. The molecule has 0 fully saturated rings. The van der Waals surface area contributed by atoms with Gasteiger partial charge in [0.05, 0.1) is 0 Å². The Hall–Kier alpha value is -2.49. The molecule has 2 amide bonds. The molecule has 0 aliphatic rings. The number of urea groups is 1. The second-order valence-corrected chi connectivity index (χ2v) is 5.94. The summed E-state index contributed by atoms with van der Waals surface area (Å²) >= 11 is 0. The van der Waals surface area contributed by atoms with Crippen LogP contribution in [0.5, 0.6) is 5.75 Å². The average molecular weight is 312 g/mol. The van der Waals surface area contributed by atoms with Crippen LogP contribution in [0.3, 0.4) is 0 Å². The van der Waals surface area contributed by atoms with E-state index in [-0.39, 0.29) is 12.8 Å². The highest BCUT2D eigenvalue weighted by atomic mass is 16.5. The maximum atomic E-state index is 11.8. The van der Waals surface area contributed by atoms with Gasteiger partial charge in [0.15, 0.2) is 6.73 Å². The van der Waals surface area contributed by atoms with Crippen LogP contribution in [0.4, 0.5) is 10.5 Å². The number of amides is 2. The lowest BCUT2D eigenvalue weighted by Crippen LogP contribution is -2.32. The molecule has 4 nitrogen and oxygen atoms in total. The second kappa shape index (κ2) is 7.68. The SMILES string of the molecule is Cc1ccc(OCNC(=O)Nc2ccc(C(C)C)cc2)cc1C. The maximum Gasteiger partial charge on any atom is 0.321 e. The lowest BCUT2D eigenvalue weighted by atomic mass is 10.0. The average Bonchev–Trinajstić information content (AvgIpc) is 2.51. The fraction of sp³-hybridized carbons (Fsp3) is 0.316. The summed E-state index contributed by atoms with van der Waals surface area (Å²) in [6.07, 6.45) is 0. The van der Waals surface area contributed by atoms with Crippen molar-refractivity contribution in [2.75, 3.05) is 12.0 Å². The Kier molecular flexibility index (Phi) is 5.63. The van der Waals surface area contributed by atoms with E-state index in [9.17, 15) is 4.79 Å². The third-order valence-electron chi connectivity index (χ3n) is 3.79. The molecule has 4 heteroatoms. The number of anilines is 1. The van der Waals surface area contributed by atoms with Crippen molar-refractivity contribution in [3.8, 4) is 5.75 Å². The normalized spacial score (nSPS) is 10.5. The largest absolute Gasteiger partial charge is 0.473 e. The van der Waals surface area contributed by atoms with Gasteiger partial charge in [0.2, 0.25) is 0 Å². The monoisotopic (exact) mass is 312 g/mol. The summed E-state index contributed by atoms with van der Waals surface area (Å²) in [6, 6.07) is 13.4. The molecule has 0 aromatic heterocycles. The zero-order chi connectivity index (χ0) is 16.8. The summed E-state index contributed by atoms with van der Waals surface area (Å²) in [5.41, 5.74) is 4.39. The topological polar surface area (TPSA) is 50.4 Å². The number of benzene rings is 2. The zero-order valence-corrected chi connectivity index (χ0v) is 14.1. The highest BCUT2D eigenvalue weighted by Gasteiger charge is 2.03. The smallest absolute Gasteiger partial charge is 0.321 e. The molecule has 0 atom stereocenters. The summed E-state index contributed by atoms with van der Waals surface area (Å²) in [5.74, 6) is 1.22. The molecule has 0 saturated heterocycles. The Balaban J connectivity index is 1.79. The number of carbonyl (C=O) groups excluding carboxylic acids is 1. The Morgan fingerprint density at radius 3 is 2.35 bits per heavy atom. The molecular formula is C19H24N2O2. The molecule has 0 aliphatic heterocycles. The lowest BCUT2D eigenvalue weighted by Gasteiger charge is -2.11. The Labute approximate surface area is 137 Å². The van der Waals surface area contributed by atoms with Gasteiger partial charge in [-0.1, -0.05) is 32.0 Å². The van der Waals surface area contributed by atoms with E-state index in [4.69, 9.17) is 4.74 Å². The van der Waals surface area contributed by atoms with Crippen molar-refractivity contribution in [2.45, 2.75) is 33.6 Å². The molecule has 0 aliphatic carbocycles. The van der Waals surface area contributed by atoms with Crippen molar-refractivity contribution in [1.82, 2.24) is 5.32 Å². The van der Waals surface area contributed by atoms with Crippen LogP contribution in [0.15, 0.2) is 42.5 Å². The van der Waals surface area contributed by atoms with Crippen LogP contribution in [-0.2, 0) is 0 Å². The molecule has 0 radical (unpaired) electrons. The summed E-state index contributed by atoms with van der Waals surface area (Å²) in [5, 5.41) is 5.46. The van der Waals surface area contributed by atoms with Gasteiger partial charge in [-0.05, 0) is 60.7 Å². The molecule has 0 heterocycles. The van der Waals surface area contributed by atoms with Crippen LogP contribution in [0, 0.1) is 13.8 Å². The number of ether oxygens (including phenoxy) is 1. The van der Waals surface area contributed by atoms with E-state index >= 15 is 0 Å². The van der Waals surface area contributed by atoms with Crippen LogP contribution < -0.4 is 15.4 Å². The van der Waals surface area contributed by atoms with Gasteiger partial charge in [0.1, 0.15) is 5.75 Å². The van der Waals surface area contributed by atoms with Gasteiger partial charge >= 0.3 is 6.03 Å². The van der Waals surface area contributed by atoms with E-state index in [1.165, 1.54) is 11.1 Å². The molecular weight excluding hydrogens is 288 g/mol. The van der Waals surface area contributed by atoms with Crippen molar-refractivity contribution < 1.29 is 9.53 Å². The van der Waals surface area contributed by atoms with Crippen LogP contribution in [0.25, 0.3) is 0 Å². The van der Waals surface area contributed by atoms with Crippen molar-refractivity contribution in [3.05, 3.63) is 59.2 Å². The van der Waals surface area contributed by atoms with Gasteiger partial charge in [-0.2, -0.15) is 0 Å². The molecule has 2 N–H and O–H groups in total. The second-order valence-electron chi connectivity index (χ2n) is 5.94. The maximum absolute atomic E-state index is 11.8. The molecule has 0 spiro atoms. The van der Waals surface area contributed by atoms with Gasteiger partial charge < -0.3 is 15.4 Å². The van der Waals surface area contributed by atoms with Crippen molar-refractivity contribution in [1.29, 1.82) is 0 Å². The molecule has 2 rings (SSSR count). The number of hydrogen-bond donors (Lipinski definition) is 2. The van der Waals surface area contributed by atoms with E-state index in [2.05, 4.69) is 31.4 Å². The first-order valence-electron chi connectivity index (χ1n) is 7.80. The molecule has 0 bridgehead atoms. The van der Waals surface area contributed by atoms with Gasteiger partial charge in [-0.15, -0.1) is 0 Å². The first-order chi connectivity index (χ1) is 11.0. The van der Waals surface area contributed by atoms with Gasteiger partial charge in [-0.3, -0.25) is 0 Å². The third-order valence-corrected chi connectivity index (χ3v) is 3.79. The Bertz CT molecular complexity index is 664. The van der Waals surface area contributed by atoms with E-state index in [1.54, 1.807) is 0 Å². The van der Waals surface area contributed by atoms with Crippen molar-refractivity contribution >= 4 is 11.7 Å². The molecule has 0 unspecified atom stereocenters. The molecule has 2 aromatic carbocycles. The predicted molar refractivity (Wildman–Crippen MR) is 94.1 cm³/mol. The standard InChI is InChI=1S/C19H24N2O2/c1-13(2)16-6-8-17(9-7-16)21-19(22)20-12-23-18-10-5-14(3)15(4)11-18/h5-11,13H,12H2,1-4H3,(H2,20,21,22). The van der Waals surface area contributed by atoms with Crippen LogP contribution in [-0.4, -0.2) is 12.8 Å². The van der Waals surface area contributed by atoms with E-state index in [0.717, 1.165) is 17.0 Å². The summed E-state index contributed by atoms with van der Waals surface area (Å²) in [7, 11) is 0. The van der Waals surface area contributed by atoms with Crippen molar-refractivity contribution in [3.63, 3.8) is 0 Å². The number of aryl methyl sites for hydroxylation is 2. The third kappa shape index (κ3) is 5.02. The highest BCUT2D eigenvalue weighted by molar-refractivity contribution is 5.89. The lowest BCUT2D eigenvalue weighted by molar-refractivity contribution is 0.234. The first-order valence-corrected chi connectivity index (χ1v) is 7.80. The van der Waals surface area contributed by atoms with E-state index < -0.39 is 0 Å². The minimum atomic E-state index is -0.286. The van der Waals surface area contributed by atoms with Crippen LogP contribution >= 0.6 is 0 Å². The molecule has 122 valence electrons. The van der Waals surface area contributed by atoms with Crippen molar-refractivity contribution in [2.24, 2.45) is 0 Å². The Morgan fingerprint density at radius 1 is 1.04 bits per heavy atom. The minimum Gasteiger partial charge on any atom is -0.473 e. The predicted octanol–water partition coefficient (Wildman–Crippen LogP) is 4.58. The van der Waals surface area contributed by atoms with Gasteiger partial charge in [0.25, 0.3) is 0 Å². The zero-order valence-electron chi connectivity index (χ0n) is 14.1. The van der Waals surface area contributed by atoms with Gasteiger partial charge in [-0.25, -0.2) is 4.79 Å². The number of carbonyl (C=O) groups is 1. The molecule has 23 heavy (non-hydrogen) atoms. The minimum absolute atomic E-state index is 0.123. The van der Waals surface area contributed by atoms with Gasteiger partial charge in [0, 0.05) is 5.69 Å². The fourth-order valence-electron chi connectivity index (χ4n) is 2.12. The number of rotatable bonds is 5. The first kappa shape index (κ1) is 16.9. The quantitative estimate of drug-likeness (QED) is 0.794. The summed E-state index contributed by atoms with van der Waals surface area (Å²) in [4.78, 5) is 11.8. The summed E-state index contributed by atoms with van der Waals surface area (Å²) < 4.78 is 5.53.